The van der Waals surface area contributed by atoms with Crippen molar-refractivity contribution in [2.75, 3.05) is 4.72 Å². The number of rotatable bonds is 3. The molecule has 0 aromatic heterocycles. The van der Waals surface area contributed by atoms with Gasteiger partial charge in [-0.1, -0.05) is 53.0 Å². The molecule has 0 spiro atoms. The first-order valence-electron chi connectivity index (χ1n) is 7.89. The van der Waals surface area contributed by atoms with Gasteiger partial charge in [-0.15, -0.1) is 11.8 Å². The second-order valence-electron chi connectivity index (χ2n) is 5.57. The van der Waals surface area contributed by atoms with Crippen molar-refractivity contribution in [2.24, 2.45) is 0 Å². The predicted molar refractivity (Wildman–Crippen MR) is 115 cm³/mol. The summed E-state index contributed by atoms with van der Waals surface area (Å²) in [4.78, 5) is -0.227. The molecule has 0 aliphatic carbocycles. The molecule has 0 aliphatic rings. The molecular formula is C19H15Cl3N2O4OsS-2. The first kappa shape index (κ1) is 26.4. The van der Waals surface area contributed by atoms with E-state index in [1.165, 1.54) is 30.3 Å². The second kappa shape index (κ2) is 12.2. The van der Waals surface area contributed by atoms with Gasteiger partial charge in [0.05, 0.1) is 5.69 Å². The maximum atomic E-state index is 12.2. The molecule has 3 aromatic rings. The molecule has 3 N–H and O–H groups in total. The van der Waals surface area contributed by atoms with Crippen LogP contribution in [0.3, 0.4) is 0 Å². The minimum atomic E-state index is -3.87. The molecule has 6 nitrogen and oxygen atoms in total. The van der Waals surface area contributed by atoms with Gasteiger partial charge in [0.25, 0.3) is 0 Å². The third-order valence-electron chi connectivity index (χ3n) is 3.47. The van der Waals surface area contributed by atoms with Gasteiger partial charge in [0.15, 0.2) is 0 Å². The molecule has 0 aliphatic heterocycles. The van der Waals surface area contributed by atoms with Crippen molar-refractivity contribution in [3.63, 3.8) is 0 Å². The molecule has 0 fully saturated rings. The van der Waals surface area contributed by atoms with Crippen LogP contribution in [0.15, 0.2) is 59.5 Å². The van der Waals surface area contributed by atoms with E-state index in [2.05, 4.69) is 10.8 Å². The number of aromatic hydroxyl groups is 1. The van der Waals surface area contributed by atoms with Crippen LogP contribution in [0.4, 0.5) is 11.4 Å². The van der Waals surface area contributed by atoms with E-state index in [4.69, 9.17) is 44.1 Å². The number of benzene rings is 3. The van der Waals surface area contributed by atoms with E-state index >= 15 is 0 Å². The minimum absolute atomic E-state index is 0.227. The molecule has 0 unspecified atom stereocenters. The summed E-state index contributed by atoms with van der Waals surface area (Å²) in [5, 5.41) is 11.1. The van der Waals surface area contributed by atoms with Crippen LogP contribution in [0, 0.1) is 13.0 Å². The zero-order chi connectivity index (χ0) is 22.9. The number of nitrogens with one attached hydrogen (secondary N) is 2. The maximum absolute atomic E-state index is 12.2. The van der Waals surface area contributed by atoms with Gasteiger partial charge in [0.2, 0.25) is 10.0 Å². The number of sulfonamides is 1. The van der Waals surface area contributed by atoms with Crippen LogP contribution in [0.25, 0.3) is 5.73 Å². The third kappa shape index (κ3) is 7.86. The van der Waals surface area contributed by atoms with Crippen molar-refractivity contribution in [2.45, 2.75) is 11.8 Å². The van der Waals surface area contributed by atoms with Crippen LogP contribution in [-0.2, 0) is 32.1 Å². The molecule has 30 heavy (non-hydrogen) atoms. The number of hydrogen-bond acceptors (Lipinski definition) is 4. The summed E-state index contributed by atoms with van der Waals surface area (Å²) in [5.74, 6) is -0.328. The molecule has 0 bridgehead atoms. The Hall–Kier alpha value is -1.68. The Kier molecular flexibility index (Phi) is 10.8. The van der Waals surface area contributed by atoms with Gasteiger partial charge in [-0.25, -0.2) is 8.42 Å². The van der Waals surface area contributed by atoms with Crippen molar-refractivity contribution in [1.82, 2.24) is 0 Å². The summed E-state index contributed by atoms with van der Waals surface area (Å²) in [7, 11) is -3.87. The summed E-state index contributed by atoms with van der Waals surface area (Å²) in [6.07, 6.45) is 0. The Labute approximate surface area is 200 Å². The number of phenolic OH excluding ortho intramolecular Hbond substituents is 1. The fourth-order valence-corrected chi connectivity index (χ4v) is 3.98. The van der Waals surface area contributed by atoms with Gasteiger partial charge in [0, 0.05) is 25.7 Å². The number of hydrogen-bond donors (Lipinski definition) is 2. The first-order valence-corrected chi connectivity index (χ1v) is 11.5. The topological polar surface area (TPSA) is 107 Å². The number of phenols is 1. The van der Waals surface area contributed by atoms with E-state index in [1.54, 1.807) is 31.2 Å². The Bertz CT molecular complexity index is 1060. The van der Waals surface area contributed by atoms with Crippen LogP contribution in [-0.4, -0.2) is 13.5 Å². The molecule has 0 saturated heterocycles. The van der Waals surface area contributed by atoms with Gasteiger partial charge >= 0.3 is 22.1 Å². The Morgan fingerprint density at radius 2 is 1.67 bits per heavy atom. The van der Waals surface area contributed by atoms with Crippen molar-refractivity contribution < 1.29 is 35.6 Å². The molecule has 3 aromatic carbocycles. The zero-order valence-electron chi connectivity index (χ0n) is 15.3. The van der Waals surface area contributed by atoms with E-state index in [1.807, 2.05) is 0 Å². The van der Waals surface area contributed by atoms with Crippen LogP contribution < -0.4 is 4.72 Å². The molecule has 0 amide bonds. The van der Waals surface area contributed by atoms with Crippen LogP contribution in [0.2, 0.25) is 15.1 Å². The van der Waals surface area contributed by atoms with E-state index in [0.29, 0.717) is 50.6 Å². The Balaban J connectivity index is 0.000000342. The Morgan fingerprint density at radius 3 is 2.20 bits per heavy atom. The predicted octanol–water partition coefficient (Wildman–Crippen LogP) is 6.51. The number of halogens is 3. The molecule has 0 radical (unpaired) electrons. The van der Waals surface area contributed by atoms with Gasteiger partial charge in [-0.05, 0) is 30.7 Å². The normalized spacial score (nSPS) is 10.2. The van der Waals surface area contributed by atoms with Crippen molar-refractivity contribution in [3.8, 4) is 5.75 Å². The fraction of sp³-hybridized carbons (Fsp3) is 0.0526. The van der Waals surface area contributed by atoms with Crippen molar-refractivity contribution in [3.05, 3.63) is 87.0 Å². The zero-order valence-corrected chi connectivity index (χ0v) is 20.9. The van der Waals surface area contributed by atoms with Crippen molar-refractivity contribution >= 4 is 56.2 Å². The van der Waals surface area contributed by atoms with Crippen LogP contribution in [0.1, 0.15) is 5.56 Å². The molecule has 0 heterocycles. The Morgan fingerprint density at radius 1 is 1.07 bits per heavy atom. The van der Waals surface area contributed by atoms with Gasteiger partial charge in [-0.3, -0.25) is 4.72 Å². The molecule has 162 valence electrons. The molecule has 0 saturated carbocycles. The monoisotopic (exact) mass is 664 g/mol. The van der Waals surface area contributed by atoms with Gasteiger partial charge in [-0.2, -0.15) is 18.2 Å². The quantitative estimate of drug-likeness (QED) is 0.312. The average Bonchev–Trinajstić information content (AvgIpc) is 2.66. The summed E-state index contributed by atoms with van der Waals surface area (Å²) >= 11 is 17.6. The summed E-state index contributed by atoms with van der Waals surface area (Å²) in [6, 6.07) is 16.1. The molecular weight excluding hydrogens is 649 g/mol. The second-order valence-corrected chi connectivity index (χ2v) is 8.50. The standard InChI is InChI=1S/C13H11ClNO3S.C6H4Cl2N.O.Os/c1-9-10(14)5-4-6-11(9)15-19(17,18)13-8-3-2-7-12(13)16;7-4-1-5(8)3-6(9)2-4;;/h2,4-8,15-16H,1H3;1-3,9H;;/q2*-1;;. The number of anilines is 1. The van der Waals surface area contributed by atoms with E-state index in [-0.39, 0.29) is 10.6 Å². The van der Waals surface area contributed by atoms with Crippen LogP contribution in [0.5, 0.6) is 5.75 Å². The molecule has 11 heteroatoms. The first-order chi connectivity index (χ1) is 14.1. The van der Waals surface area contributed by atoms with E-state index in [9.17, 15) is 13.5 Å². The summed E-state index contributed by atoms with van der Waals surface area (Å²) in [5.41, 5.74) is 8.44. The summed E-state index contributed by atoms with van der Waals surface area (Å²) in [6.45, 7) is 1.71. The average molecular weight is 664 g/mol. The van der Waals surface area contributed by atoms with Crippen LogP contribution >= 0.6 is 34.8 Å². The molecule has 3 rings (SSSR count). The SMILES string of the molecule is Cc1c(Cl)cccc1NS(=O)(=O)c1c[c-]ccc1O.[NH-]c1cc(Cl)cc(Cl)c1.[O]=[Os]. The fourth-order valence-electron chi connectivity index (χ4n) is 2.09. The van der Waals surface area contributed by atoms with E-state index < -0.39 is 10.0 Å². The third-order valence-corrected chi connectivity index (χ3v) is 5.71. The molecule has 0 atom stereocenters. The van der Waals surface area contributed by atoms with Gasteiger partial charge in [0.1, 0.15) is 0 Å². The summed E-state index contributed by atoms with van der Waals surface area (Å²) < 4.78 is 35.0. The van der Waals surface area contributed by atoms with Gasteiger partial charge < -0.3 is 10.8 Å². The van der Waals surface area contributed by atoms with Crippen molar-refractivity contribution in [1.29, 1.82) is 0 Å². The van der Waals surface area contributed by atoms with E-state index in [0.717, 1.165) is 0 Å².